The van der Waals surface area contributed by atoms with Gasteiger partial charge in [0.1, 0.15) is 11.2 Å². The SMILES string of the molecule is [2H]c1c([2H])c([2H])c(-c2cccc(-c3c4ccccc4c(-c4cccc5oc6c7ccc(-c8ccccc8)cc7ccc6c45)c4ccccc34)c2)c([2H])c1[2H]. The molecule has 1 heteroatoms. The fourth-order valence-corrected chi connectivity index (χ4v) is 7.58. The van der Waals surface area contributed by atoms with Gasteiger partial charge in [-0.15, -0.1) is 0 Å². The number of benzene rings is 9. The van der Waals surface area contributed by atoms with Crippen LogP contribution in [-0.2, 0) is 0 Å². The maximum Gasteiger partial charge on any atom is 0.143 e. The molecule has 0 amide bonds. The van der Waals surface area contributed by atoms with Crippen molar-refractivity contribution in [1.29, 1.82) is 0 Å². The highest BCUT2D eigenvalue weighted by molar-refractivity contribution is 6.27. The molecule has 0 N–H and O–H groups in total. The van der Waals surface area contributed by atoms with Gasteiger partial charge in [0.2, 0.25) is 0 Å². The van der Waals surface area contributed by atoms with E-state index in [2.05, 4.69) is 103 Å². The van der Waals surface area contributed by atoms with Gasteiger partial charge in [-0.3, -0.25) is 0 Å². The standard InChI is InChI=1S/C48H30O/c1-3-13-31(14-4-1)33-17-11-18-36(30-33)45-38-19-7-9-21-40(38)46(41-22-10-8-20-39(41)45)42-23-12-24-44-47(42)43-28-26-35-29-34(32-15-5-2-6-16-32)25-27-37(35)48(43)49-44/h1-30H/i1D,3D,4D,13D,14D. The van der Waals surface area contributed by atoms with Crippen LogP contribution in [0.3, 0.4) is 0 Å². The highest BCUT2D eigenvalue weighted by Gasteiger charge is 2.21. The van der Waals surface area contributed by atoms with Crippen molar-refractivity contribution in [1.82, 2.24) is 0 Å². The van der Waals surface area contributed by atoms with Gasteiger partial charge < -0.3 is 4.42 Å². The maximum atomic E-state index is 8.65. The molecule has 10 rings (SSSR count). The van der Waals surface area contributed by atoms with E-state index >= 15 is 0 Å². The Hall–Kier alpha value is -6.44. The van der Waals surface area contributed by atoms with E-state index in [1.165, 1.54) is 5.56 Å². The van der Waals surface area contributed by atoms with Crippen LogP contribution in [0.25, 0.3) is 98.8 Å². The number of rotatable bonds is 4. The van der Waals surface area contributed by atoms with Crippen LogP contribution in [0.4, 0.5) is 0 Å². The molecule has 0 unspecified atom stereocenters. The van der Waals surface area contributed by atoms with Gasteiger partial charge in [-0.05, 0) is 102 Å². The smallest absolute Gasteiger partial charge is 0.143 e. The third kappa shape index (κ3) is 4.40. The first-order chi connectivity index (χ1) is 26.4. The van der Waals surface area contributed by atoms with Crippen LogP contribution in [0, 0.1) is 0 Å². The first-order valence-electron chi connectivity index (χ1n) is 18.9. The van der Waals surface area contributed by atoms with Crippen LogP contribution >= 0.6 is 0 Å². The van der Waals surface area contributed by atoms with E-state index in [0.717, 1.165) is 82.1 Å². The van der Waals surface area contributed by atoms with Crippen molar-refractivity contribution in [3.05, 3.63) is 182 Å². The lowest BCUT2D eigenvalue weighted by molar-refractivity contribution is 0.673. The molecular formula is C48H30O. The molecule has 0 aliphatic heterocycles. The van der Waals surface area contributed by atoms with Gasteiger partial charge >= 0.3 is 0 Å². The molecule has 0 fully saturated rings. The van der Waals surface area contributed by atoms with Crippen molar-refractivity contribution in [2.24, 2.45) is 0 Å². The fourth-order valence-electron chi connectivity index (χ4n) is 7.58. The van der Waals surface area contributed by atoms with Crippen LogP contribution < -0.4 is 0 Å². The molecule has 9 aromatic carbocycles. The number of furan rings is 1. The zero-order valence-electron chi connectivity index (χ0n) is 31.3. The van der Waals surface area contributed by atoms with Gasteiger partial charge in [-0.2, -0.15) is 0 Å². The van der Waals surface area contributed by atoms with Gasteiger partial charge in [0, 0.05) is 16.2 Å². The Morgan fingerprint density at radius 1 is 0.388 bits per heavy atom. The average molecular weight is 628 g/mol. The molecule has 0 saturated carbocycles. The molecule has 1 nitrogen and oxygen atoms in total. The summed E-state index contributed by atoms with van der Waals surface area (Å²) in [6, 6.07) is 50.7. The molecule has 0 spiro atoms. The van der Waals surface area contributed by atoms with E-state index < -0.39 is 6.04 Å². The minimum Gasteiger partial charge on any atom is -0.455 e. The summed E-state index contributed by atoms with van der Waals surface area (Å²) in [5, 5.41) is 8.57. The molecule has 49 heavy (non-hydrogen) atoms. The van der Waals surface area contributed by atoms with Crippen molar-refractivity contribution in [2.75, 3.05) is 0 Å². The van der Waals surface area contributed by atoms with Gasteiger partial charge in [-0.1, -0.05) is 152 Å². The lowest BCUT2D eigenvalue weighted by atomic mass is 9.84. The summed E-state index contributed by atoms with van der Waals surface area (Å²) in [7, 11) is 0. The maximum absolute atomic E-state index is 8.65. The second-order valence-corrected chi connectivity index (χ2v) is 12.4. The summed E-state index contributed by atoms with van der Waals surface area (Å²) in [6.07, 6.45) is 0. The molecule has 0 aliphatic rings. The summed E-state index contributed by atoms with van der Waals surface area (Å²) in [5.41, 5.74) is 8.89. The molecule has 0 saturated heterocycles. The van der Waals surface area contributed by atoms with Crippen molar-refractivity contribution >= 4 is 54.3 Å². The second kappa shape index (κ2) is 11.1. The predicted octanol–water partition coefficient (Wildman–Crippen LogP) is 13.7. The molecule has 10 aromatic rings. The lowest BCUT2D eigenvalue weighted by Crippen LogP contribution is -1.91. The van der Waals surface area contributed by atoms with Crippen LogP contribution in [0.15, 0.2) is 186 Å². The molecule has 1 aromatic heterocycles. The second-order valence-electron chi connectivity index (χ2n) is 12.4. The quantitative estimate of drug-likeness (QED) is 0.177. The summed E-state index contributed by atoms with van der Waals surface area (Å²) >= 11 is 0. The van der Waals surface area contributed by atoms with Crippen LogP contribution in [-0.4, -0.2) is 0 Å². The average Bonchev–Trinajstić information content (AvgIpc) is 3.61. The Morgan fingerprint density at radius 3 is 1.76 bits per heavy atom. The monoisotopic (exact) mass is 627 g/mol. The predicted molar refractivity (Wildman–Crippen MR) is 208 cm³/mol. The minimum absolute atomic E-state index is 0.190. The third-order valence-corrected chi connectivity index (χ3v) is 9.73. The zero-order valence-corrected chi connectivity index (χ0v) is 26.3. The van der Waals surface area contributed by atoms with Gasteiger partial charge in [0.25, 0.3) is 0 Å². The van der Waals surface area contributed by atoms with E-state index in [9.17, 15) is 0 Å². The summed E-state index contributed by atoms with van der Waals surface area (Å²) in [5.74, 6) is 0. The Kier molecular flexibility index (Phi) is 5.20. The summed E-state index contributed by atoms with van der Waals surface area (Å²) in [4.78, 5) is 0. The van der Waals surface area contributed by atoms with E-state index in [1.807, 2.05) is 48.5 Å². The largest absolute Gasteiger partial charge is 0.455 e. The van der Waals surface area contributed by atoms with Crippen LogP contribution in [0.5, 0.6) is 0 Å². The lowest BCUT2D eigenvalue weighted by Gasteiger charge is -2.18. The molecule has 0 bridgehead atoms. The van der Waals surface area contributed by atoms with Crippen LogP contribution in [0.1, 0.15) is 6.85 Å². The Bertz CT molecular complexity index is 3080. The number of hydrogen-bond donors (Lipinski definition) is 0. The molecule has 228 valence electrons. The highest BCUT2D eigenvalue weighted by Crippen LogP contribution is 2.48. The van der Waals surface area contributed by atoms with Gasteiger partial charge in [0.15, 0.2) is 0 Å². The minimum atomic E-state index is -0.400. The topological polar surface area (TPSA) is 13.1 Å². The molecule has 1 heterocycles. The summed E-state index contributed by atoms with van der Waals surface area (Å²) in [6.45, 7) is 0. The van der Waals surface area contributed by atoms with E-state index in [1.54, 1.807) is 0 Å². The molecule has 0 radical (unpaired) electrons. The Morgan fingerprint density at radius 2 is 1.00 bits per heavy atom. The van der Waals surface area contributed by atoms with Crippen molar-refractivity contribution < 1.29 is 11.3 Å². The van der Waals surface area contributed by atoms with E-state index in [-0.39, 0.29) is 29.7 Å². The van der Waals surface area contributed by atoms with Crippen molar-refractivity contribution in [3.63, 3.8) is 0 Å². The zero-order chi connectivity index (χ0) is 36.7. The van der Waals surface area contributed by atoms with Gasteiger partial charge in [0.05, 0.1) is 6.85 Å². The molecular weight excluding hydrogens is 593 g/mol. The van der Waals surface area contributed by atoms with E-state index in [4.69, 9.17) is 11.3 Å². The number of hydrogen-bond acceptors (Lipinski definition) is 1. The fraction of sp³-hybridized carbons (Fsp3) is 0. The number of fused-ring (bicyclic) bond motifs is 7. The van der Waals surface area contributed by atoms with Gasteiger partial charge in [-0.25, -0.2) is 0 Å². The Balaban J connectivity index is 1.22. The first kappa shape index (κ1) is 23.0. The highest BCUT2D eigenvalue weighted by atomic mass is 16.3. The first-order valence-corrected chi connectivity index (χ1v) is 16.4. The normalized spacial score (nSPS) is 13.1. The molecule has 0 atom stereocenters. The summed E-state index contributed by atoms with van der Waals surface area (Å²) < 4.78 is 48.7. The Labute approximate surface area is 291 Å². The van der Waals surface area contributed by atoms with Crippen molar-refractivity contribution in [2.45, 2.75) is 0 Å². The third-order valence-electron chi connectivity index (χ3n) is 9.73. The van der Waals surface area contributed by atoms with E-state index in [0.29, 0.717) is 5.56 Å². The van der Waals surface area contributed by atoms with Crippen molar-refractivity contribution in [3.8, 4) is 44.5 Å². The van der Waals surface area contributed by atoms with Crippen LogP contribution in [0.2, 0.25) is 0 Å². The molecule has 0 aliphatic carbocycles.